The molecule has 0 spiro atoms. The maximum absolute atomic E-state index is 5.86. The molecule has 0 saturated carbocycles. The number of rotatable bonds is 3. The molecule has 1 atom stereocenters. The van der Waals surface area contributed by atoms with Crippen molar-refractivity contribution >= 4 is 33.7 Å². The summed E-state index contributed by atoms with van der Waals surface area (Å²) < 4.78 is 0. The van der Waals surface area contributed by atoms with E-state index in [9.17, 15) is 0 Å². The van der Waals surface area contributed by atoms with Crippen molar-refractivity contribution in [2.45, 2.75) is 19.9 Å². The molecule has 5 heteroatoms. The van der Waals surface area contributed by atoms with Crippen LogP contribution >= 0.6 is 11.3 Å². The largest absolute Gasteiger partial charge is 0.399 e. The SMILES string of the molecule is Cc1ccc(C(C)Nc2ncnc3ccc(N)cc23)s1. The average Bonchev–Trinajstić information content (AvgIpc) is 2.86. The molecular weight excluding hydrogens is 268 g/mol. The van der Waals surface area contributed by atoms with E-state index in [1.165, 1.54) is 9.75 Å². The van der Waals surface area contributed by atoms with Gasteiger partial charge in [0.05, 0.1) is 11.6 Å². The number of aryl methyl sites for hydroxylation is 1. The first-order valence-electron chi connectivity index (χ1n) is 6.46. The lowest BCUT2D eigenvalue weighted by Crippen LogP contribution is -2.07. The predicted octanol–water partition coefficient (Wildman–Crippen LogP) is 3.76. The highest BCUT2D eigenvalue weighted by Crippen LogP contribution is 2.28. The third-order valence-electron chi connectivity index (χ3n) is 3.20. The van der Waals surface area contributed by atoms with Crippen molar-refractivity contribution in [1.82, 2.24) is 9.97 Å². The van der Waals surface area contributed by atoms with Crippen LogP contribution in [0.2, 0.25) is 0 Å². The van der Waals surface area contributed by atoms with Crippen molar-refractivity contribution in [3.63, 3.8) is 0 Å². The van der Waals surface area contributed by atoms with Crippen molar-refractivity contribution in [1.29, 1.82) is 0 Å². The third kappa shape index (κ3) is 2.44. The van der Waals surface area contributed by atoms with Crippen molar-refractivity contribution < 1.29 is 0 Å². The minimum absolute atomic E-state index is 0.202. The van der Waals surface area contributed by atoms with E-state index in [1.807, 2.05) is 18.2 Å². The molecule has 0 aliphatic carbocycles. The number of thiophene rings is 1. The van der Waals surface area contributed by atoms with Gasteiger partial charge in [0.1, 0.15) is 12.1 Å². The maximum Gasteiger partial charge on any atom is 0.137 e. The minimum Gasteiger partial charge on any atom is -0.399 e. The van der Waals surface area contributed by atoms with E-state index < -0.39 is 0 Å². The fourth-order valence-corrected chi connectivity index (χ4v) is 3.03. The number of anilines is 2. The summed E-state index contributed by atoms with van der Waals surface area (Å²) in [6, 6.07) is 10.2. The average molecular weight is 284 g/mol. The van der Waals surface area contributed by atoms with Crippen molar-refractivity contribution in [2.24, 2.45) is 0 Å². The van der Waals surface area contributed by atoms with Gasteiger partial charge in [-0.15, -0.1) is 11.3 Å². The monoisotopic (exact) mass is 284 g/mol. The molecule has 1 unspecified atom stereocenters. The van der Waals surface area contributed by atoms with Gasteiger partial charge in [0, 0.05) is 20.8 Å². The standard InChI is InChI=1S/C15H16N4S/c1-9-3-6-14(20-9)10(2)19-15-12-7-11(16)4-5-13(12)17-8-18-15/h3-8,10H,16H2,1-2H3,(H,17,18,19). The fraction of sp³-hybridized carbons (Fsp3) is 0.200. The number of nitrogen functional groups attached to an aromatic ring is 1. The van der Waals surface area contributed by atoms with Crippen LogP contribution < -0.4 is 11.1 Å². The number of nitrogens with two attached hydrogens (primary N) is 1. The smallest absolute Gasteiger partial charge is 0.137 e. The summed E-state index contributed by atoms with van der Waals surface area (Å²) in [6.45, 7) is 4.24. The predicted molar refractivity (Wildman–Crippen MR) is 85.0 cm³/mol. The molecule has 0 aliphatic rings. The highest BCUT2D eigenvalue weighted by molar-refractivity contribution is 7.12. The summed E-state index contributed by atoms with van der Waals surface area (Å²) in [4.78, 5) is 11.2. The molecule has 0 radical (unpaired) electrons. The third-order valence-corrected chi connectivity index (χ3v) is 4.38. The van der Waals surface area contributed by atoms with Gasteiger partial charge in [-0.05, 0) is 44.2 Å². The zero-order valence-electron chi connectivity index (χ0n) is 11.4. The molecule has 0 saturated heterocycles. The van der Waals surface area contributed by atoms with Crippen molar-refractivity contribution in [2.75, 3.05) is 11.1 Å². The van der Waals surface area contributed by atoms with E-state index in [0.29, 0.717) is 0 Å². The second kappa shape index (κ2) is 5.09. The van der Waals surface area contributed by atoms with Crippen LogP contribution in [0, 0.1) is 6.92 Å². The second-order valence-electron chi connectivity index (χ2n) is 4.81. The Morgan fingerprint density at radius 1 is 1.20 bits per heavy atom. The summed E-state index contributed by atoms with van der Waals surface area (Å²) in [5, 5.41) is 4.40. The minimum atomic E-state index is 0.202. The van der Waals surface area contributed by atoms with Crippen LogP contribution in [-0.4, -0.2) is 9.97 Å². The molecule has 3 rings (SSSR count). The molecule has 2 aromatic heterocycles. The lowest BCUT2D eigenvalue weighted by Gasteiger charge is -2.14. The lowest BCUT2D eigenvalue weighted by atomic mass is 10.2. The van der Waals surface area contributed by atoms with Crippen LogP contribution in [-0.2, 0) is 0 Å². The first-order valence-corrected chi connectivity index (χ1v) is 7.28. The first-order chi connectivity index (χ1) is 9.63. The Morgan fingerprint density at radius 2 is 2.05 bits per heavy atom. The molecule has 102 valence electrons. The Labute approximate surface area is 121 Å². The topological polar surface area (TPSA) is 63.8 Å². The number of benzene rings is 1. The first kappa shape index (κ1) is 12.9. The van der Waals surface area contributed by atoms with Gasteiger partial charge in [-0.1, -0.05) is 0 Å². The van der Waals surface area contributed by atoms with E-state index in [1.54, 1.807) is 17.7 Å². The maximum atomic E-state index is 5.86. The fourth-order valence-electron chi connectivity index (χ4n) is 2.15. The van der Waals surface area contributed by atoms with E-state index in [4.69, 9.17) is 5.73 Å². The van der Waals surface area contributed by atoms with Gasteiger partial charge in [0.15, 0.2) is 0 Å². The Bertz CT molecular complexity index is 750. The summed E-state index contributed by atoms with van der Waals surface area (Å²) in [6.07, 6.45) is 1.58. The number of hydrogen-bond acceptors (Lipinski definition) is 5. The molecule has 0 amide bonds. The van der Waals surface area contributed by atoms with Gasteiger partial charge in [0.2, 0.25) is 0 Å². The molecular formula is C15H16N4S. The van der Waals surface area contributed by atoms with Gasteiger partial charge >= 0.3 is 0 Å². The molecule has 0 bridgehead atoms. The van der Waals surface area contributed by atoms with Gasteiger partial charge in [-0.25, -0.2) is 9.97 Å². The van der Waals surface area contributed by atoms with Gasteiger partial charge in [-0.2, -0.15) is 0 Å². The molecule has 3 N–H and O–H groups in total. The molecule has 2 heterocycles. The molecule has 0 aliphatic heterocycles. The van der Waals surface area contributed by atoms with E-state index in [-0.39, 0.29) is 6.04 Å². The van der Waals surface area contributed by atoms with Gasteiger partial charge in [-0.3, -0.25) is 0 Å². The Morgan fingerprint density at radius 3 is 2.80 bits per heavy atom. The number of aromatic nitrogens is 2. The van der Waals surface area contributed by atoms with Crippen molar-refractivity contribution in [3.05, 3.63) is 46.4 Å². The van der Waals surface area contributed by atoms with Gasteiger partial charge in [0.25, 0.3) is 0 Å². The van der Waals surface area contributed by atoms with E-state index in [0.717, 1.165) is 22.4 Å². The lowest BCUT2D eigenvalue weighted by molar-refractivity contribution is 0.898. The second-order valence-corrected chi connectivity index (χ2v) is 6.13. The number of hydrogen-bond donors (Lipinski definition) is 2. The van der Waals surface area contributed by atoms with E-state index >= 15 is 0 Å². The van der Waals surface area contributed by atoms with Crippen LogP contribution in [0.3, 0.4) is 0 Å². The molecule has 1 aromatic carbocycles. The van der Waals surface area contributed by atoms with Crippen molar-refractivity contribution in [3.8, 4) is 0 Å². The van der Waals surface area contributed by atoms with Crippen LogP contribution in [0.25, 0.3) is 10.9 Å². The summed E-state index contributed by atoms with van der Waals surface area (Å²) >= 11 is 1.79. The Hall–Kier alpha value is -2.14. The molecule has 4 nitrogen and oxygen atoms in total. The summed E-state index contributed by atoms with van der Waals surface area (Å²) in [5.74, 6) is 0.820. The van der Waals surface area contributed by atoms with E-state index in [2.05, 4.69) is 41.3 Å². The zero-order chi connectivity index (χ0) is 14.1. The van der Waals surface area contributed by atoms with Crippen LogP contribution in [0.5, 0.6) is 0 Å². The zero-order valence-corrected chi connectivity index (χ0v) is 12.2. The molecule has 20 heavy (non-hydrogen) atoms. The Balaban J connectivity index is 1.96. The van der Waals surface area contributed by atoms with Crippen LogP contribution in [0.4, 0.5) is 11.5 Å². The molecule has 0 fully saturated rings. The molecule has 3 aromatic rings. The summed E-state index contributed by atoms with van der Waals surface area (Å²) in [7, 11) is 0. The quantitative estimate of drug-likeness (QED) is 0.719. The number of nitrogens with zero attached hydrogens (tertiary/aromatic N) is 2. The van der Waals surface area contributed by atoms with Gasteiger partial charge < -0.3 is 11.1 Å². The number of fused-ring (bicyclic) bond motifs is 1. The highest BCUT2D eigenvalue weighted by atomic mass is 32.1. The normalized spacial score (nSPS) is 12.5. The van der Waals surface area contributed by atoms with Crippen LogP contribution in [0.1, 0.15) is 22.7 Å². The highest BCUT2D eigenvalue weighted by Gasteiger charge is 2.11. The Kier molecular flexibility index (Phi) is 3.28. The number of nitrogens with one attached hydrogen (secondary N) is 1. The van der Waals surface area contributed by atoms with Crippen LogP contribution in [0.15, 0.2) is 36.7 Å². The summed E-state index contributed by atoms with van der Waals surface area (Å²) in [5.41, 5.74) is 7.47.